The third kappa shape index (κ3) is 6.37. The Bertz CT molecular complexity index is 406. The lowest BCUT2D eigenvalue weighted by atomic mass is 9.93. The van der Waals surface area contributed by atoms with Crippen LogP contribution in [0.4, 0.5) is 4.79 Å². The van der Waals surface area contributed by atoms with Crippen molar-refractivity contribution in [3.63, 3.8) is 0 Å². The third-order valence-corrected chi connectivity index (χ3v) is 4.49. The molecule has 2 N–H and O–H groups in total. The Morgan fingerprint density at radius 2 is 1.74 bits per heavy atom. The lowest BCUT2D eigenvalue weighted by Gasteiger charge is -2.34. The fourth-order valence-corrected chi connectivity index (χ4v) is 3.21. The van der Waals surface area contributed by atoms with Crippen LogP contribution in [-0.2, 0) is 9.53 Å². The van der Waals surface area contributed by atoms with Crippen molar-refractivity contribution in [1.29, 1.82) is 0 Å². The zero-order valence-electron chi connectivity index (χ0n) is 14.7. The molecular weight excluding hydrogens is 294 g/mol. The second-order valence-electron chi connectivity index (χ2n) is 7.70. The molecule has 0 aromatic carbocycles. The summed E-state index contributed by atoms with van der Waals surface area (Å²) in [6.07, 6.45) is 4.11. The summed E-state index contributed by atoms with van der Waals surface area (Å²) in [6, 6.07) is 0.104. The molecule has 0 saturated carbocycles. The summed E-state index contributed by atoms with van der Waals surface area (Å²) >= 11 is 0. The summed E-state index contributed by atoms with van der Waals surface area (Å²) in [7, 11) is 0. The molecule has 2 aliphatic heterocycles. The average Bonchev–Trinajstić information content (AvgIpc) is 2.47. The van der Waals surface area contributed by atoms with E-state index in [9.17, 15) is 9.59 Å². The van der Waals surface area contributed by atoms with Crippen LogP contribution < -0.4 is 10.6 Å². The van der Waals surface area contributed by atoms with Gasteiger partial charge in [-0.25, -0.2) is 4.79 Å². The lowest BCUT2D eigenvalue weighted by molar-refractivity contribution is -0.133. The van der Waals surface area contributed by atoms with Crippen molar-refractivity contribution in [2.75, 3.05) is 26.2 Å². The molecule has 2 heterocycles. The standard InChI is InChI=1S/C17H31N3O3/c1-17(2,3)23-16(22)19-14-6-10-20(11-7-14)15(21)12-13-4-8-18-9-5-13/h13-14,18H,4-12H2,1-3H3,(H,19,22). The lowest BCUT2D eigenvalue weighted by Crippen LogP contribution is -2.48. The van der Waals surface area contributed by atoms with Gasteiger partial charge in [0.15, 0.2) is 0 Å². The fraction of sp³-hybridized carbons (Fsp3) is 0.882. The number of hydrogen-bond acceptors (Lipinski definition) is 4. The van der Waals surface area contributed by atoms with Crippen molar-refractivity contribution in [1.82, 2.24) is 15.5 Å². The Labute approximate surface area is 139 Å². The second-order valence-corrected chi connectivity index (χ2v) is 7.70. The molecule has 2 fully saturated rings. The summed E-state index contributed by atoms with van der Waals surface area (Å²) in [5, 5.41) is 6.24. The minimum absolute atomic E-state index is 0.104. The van der Waals surface area contributed by atoms with Gasteiger partial charge in [-0.1, -0.05) is 0 Å². The fourth-order valence-electron chi connectivity index (χ4n) is 3.21. The Balaban J connectivity index is 1.68. The number of ether oxygens (including phenoxy) is 1. The molecular formula is C17H31N3O3. The van der Waals surface area contributed by atoms with E-state index >= 15 is 0 Å². The van der Waals surface area contributed by atoms with E-state index in [1.54, 1.807) is 0 Å². The number of likely N-dealkylation sites (tertiary alicyclic amines) is 1. The number of amides is 2. The summed E-state index contributed by atoms with van der Waals surface area (Å²) < 4.78 is 5.28. The van der Waals surface area contributed by atoms with Crippen LogP contribution >= 0.6 is 0 Å². The molecule has 6 heteroatoms. The molecule has 0 spiro atoms. The predicted molar refractivity (Wildman–Crippen MR) is 89.2 cm³/mol. The van der Waals surface area contributed by atoms with Gasteiger partial charge < -0.3 is 20.3 Å². The molecule has 23 heavy (non-hydrogen) atoms. The van der Waals surface area contributed by atoms with Gasteiger partial charge >= 0.3 is 6.09 Å². The number of nitrogens with one attached hydrogen (secondary N) is 2. The molecule has 0 atom stereocenters. The van der Waals surface area contributed by atoms with Gasteiger partial charge in [0.1, 0.15) is 5.60 Å². The third-order valence-electron chi connectivity index (χ3n) is 4.49. The van der Waals surface area contributed by atoms with Gasteiger partial charge in [0.05, 0.1) is 0 Å². The zero-order valence-corrected chi connectivity index (χ0v) is 14.7. The number of nitrogens with zero attached hydrogens (tertiary/aromatic N) is 1. The Morgan fingerprint density at radius 1 is 1.13 bits per heavy atom. The van der Waals surface area contributed by atoms with E-state index in [1.807, 2.05) is 25.7 Å². The topological polar surface area (TPSA) is 70.7 Å². The first kappa shape index (κ1) is 18.0. The maximum absolute atomic E-state index is 12.4. The first-order chi connectivity index (χ1) is 10.8. The SMILES string of the molecule is CC(C)(C)OC(=O)NC1CCN(C(=O)CC2CCNCC2)CC1. The normalized spacial score (nSPS) is 21.1. The van der Waals surface area contributed by atoms with Crippen LogP contribution in [0.15, 0.2) is 0 Å². The smallest absolute Gasteiger partial charge is 0.407 e. The minimum Gasteiger partial charge on any atom is -0.444 e. The van der Waals surface area contributed by atoms with Crippen molar-refractivity contribution in [2.24, 2.45) is 5.92 Å². The quantitative estimate of drug-likeness (QED) is 0.831. The Hall–Kier alpha value is -1.30. The van der Waals surface area contributed by atoms with Crippen LogP contribution in [0, 0.1) is 5.92 Å². The maximum Gasteiger partial charge on any atom is 0.407 e. The van der Waals surface area contributed by atoms with Gasteiger partial charge in [-0.3, -0.25) is 4.79 Å². The van der Waals surface area contributed by atoms with Crippen LogP contribution in [0.1, 0.15) is 52.9 Å². The molecule has 0 aromatic heterocycles. The maximum atomic E-state index is 12.4. The van der Waals surface area contributed by atoms with E-state index in [0.717, 1.165) is 51.9 Å². The summed E-state index contributed by atoms with van der Waals surface area (Å²) in [5.74, 6) is 0.800. The highest BCUT2D eigenvalue weighted by atomic mass is 16.6. The van der Waals surface area contributed by atoms with E-state index < -0.39 is 5.60 Å². The molecule has 2 aliphatic rings. The molecule has 0 aliphatic carbocycles. The number of alkyl carbamates (subject to hydrolysis) is 1. The van der Waals surface area contributed by atoms with Crippen molar-refractivity contribution in [3.05, 3.63) is 0 Å². The molecule has 6 nitrogen and oxygen atoms in total. The number of carbonyl (C=O) groups is 2. The predicted octanol–water partition coefficient (Wildman–Crippen LogP) is 1.89. The zero-order chi connectivity index (χ0) is 16.9. The minimum atomic E-state index is -0.477. The highest BCUT2D eigenvalue weighted by molar-refractivity contribution is 5.76. The molecule has 0 radical (unpaired) electrons. The molecule has 0 bridgehead atoms. The molecule has 2 amide bonds. The van der Waals surface area contributed by atoms with Crippen LogP contribution in [0.5, 0.6) is 0 Å². The number of hydrogen-bond donors (Lipinski definition) is 2. The van der Waals surface area contributed by atoms with Gasteiger partial charge in [0, 0.05) is 25.6 Å². The molecule has 2 rings (SSSR count). The van der Waals surface area contributed by atoms with Crippen molar-refractivity contribution < 1.29 is 14.3 Å². The van der Waals surface area contributed by atoms with Gasteiger partial charge in [-0.05, 0) is 65.5 Å². The van der Waals surface area contributed by atoms with Gasteiger partial charge in [-0.2, -0.15) is 0 Å². The molecule has 0 aromatic rings. The Kier molecular flexibility index (Phi) is 6.27. The van der Waals surface area contributed by atoms with Gasteiger partial charge in [0.2, 0.25) is 5.91 Å². The molecule has 132 valence electrons. The van der Waals surface area contributed by atoms with Gasteiger partial charge in [-0.15, -0.1) is 0 Å². The second kappa shape index (κ2) is 7.99. The van der Waals surface area contributed by atoms with Crippen LogP contribution in [0.3, 0.4) is 0 Å². The largest absolute Gasteiger partial charge is 0.444 e. The highest BCUT2D eigenvalue weighted by Gasteiger charge is 2.27. The van der Waals surface area contributed by atoms with Crippen molar-refractivity contribution in [2.45, 2.75) is 64.5 Å². The van der Waals surface area contributed by atoms with E-state index in [4.69, 9.17) is 4.74 Å². The van der Waals surface area contributed by atoms with Crippen LogP contribution in [0.2, 0.25) is 0 Å². The molecule has 2 saturated heterocycles. The van der Waals surface area contributed by atoms with Crippen molar-refractivity contribution >= 4 is 12.0 Å². The van der Waals surface area contributed by atoms with Crippen LogP contribution in [-0.4, -0.2) is 54.7 Å². The monoisotopic (exact) mass is 325 g/mol. The highest BCUT2D eigenvalue weighted by Crippen LogP contribution is 2.19. The van der Waals surface area contributed by atoms with Crippen molar-refractivity contribution in [3.8, 4) is 0 Å². The van der Waals surface area contributed by atoms with E-state index in [0.29, 0.717) is 12.3 Å². The molecule has 0 unspecified atom stereocenters. The van der Waals surface area contributed by atoms with E-state index in [1.165, 1.54) is 0 Å². The Morgan fingerprint density at radius 3 is 2.30 bits per heavy atom. The number of piperidine rings is 2. The summed E-state index contributed by atoms with van der Waals surface area (Å²) in [4.78, 5) is 26.1. The van der Waals surface area contributed by atoms with Crippen LogP contribution in [0.25, 0.3) is 0 Å². The number of rotatable bonds is 3. The van der Waals surface area contributed by atoms with E-state index in [2.05, 4.69) is 10.6 Å². The summed E-state index contributed by atoms with van der Waals surface area (Å²) in [5.41, 5.74) is -0.477. The average molecular weight is 325 g/mol. The summed E-state index contributed by atoms with van der Waals surface area (Å²) in [6.45, 7) is 9.08. The van der Waals surface area contributed by atoms with E-state index in [-0.39, 0.29) is 18.0 Å². The van der Waals surface area contributed by atoms with Gasteiger partial charge in [0.25, 0.3) is 0 Å². The number of carbonyl (C=O) groups excluding carboxylic acids is 2. The first-order valence-electron chi connectivity index (χ1n) is 8.81. The first-order valence-corrected chi connectivity index (χ1v) is 8.81.